The van der Waals surface area contributed by atoms with Crippen molar-refractivity contribution in [2.24, 2.45) is 5.92 Å². The maximum absolute atomic E-state index is 4.72. The molecule has 2 aliphatic rings. The van der Waals surface area contributed by atoms with Gasteiger partial charge in [-0.3, -0.25) is 0 Å². The number of aromatic nitrogens is 3. The zero-order chi connectivity index (χ0) is 14.9. The van der Waals surface area contributed by atoms with Crippen LogP contribution in [0.5, 0.6) is 0 Å². The molecule has 1 aliphatic carbocycles. The fourth-order valence-corrected chi connectivity index (χ4v) is 3.71. The standard InChI is InChI=1S/C16H21N5S/c1-11-3-2-4-14(18-11)17-9-12-7-8-21(10-12)16-19-15(20-22-16)13-5-6-13/h2-4,12-13H,5-10H2,1H3,(H,17,18). The number of rotatable bonds is 5. The van der Waals surface area contributed by atoms with Gasteiger partial charge in [0.15, 0.2) is 0 Å². The topological polar surface area (TPSA) is 53.9 Å². The van der Waals surface area contributed by atoms with Gasteiger partial charge in [-0.1, -0.05) is 6.07 Å². The molecule has 5 nitrogen and oxygen atoms in total. The Morgan fingerprint density at radius 2 is 2.18 bits per heavy atom. The van der Waals surface area contributed by atoms with Crippen LogP contribution in [0.15, 0.2) is 18.2 Å². The predicted molar refractivity (Wildman–Crippen MR) is 89.7 cm³/mol. The van der Waals surface area contributed by atoms with E-state index in [9.17, 15) is 0 Å². The minimum atomic E-state index is 0.649. The molecule has 4 rings (SSSR count). The van der Waals surface area contributed by atoms with Crippen LogP contribution in [-0.2, 0) is 0 Å². The van der Waals surface area contributed by atoms with Crippen molar-refractivity contribution in [1.29, 1.82) is 0 Å². The average molecular weight is 315 g/mol. The van der Waals surface area contributed by atoms with Crippen molar-refractivity contribution in [1.82, 2.24) is 14.3 Å². The van der Waals surface area contributed by atoms with Crippen molar-refractivity contribution in [2.75, 3.05) is 29.9 Å². The second-order valence-electron chi connectivity index (χ2n) is 6.36. The summed E-state index contributed by atoms with van der Waals surface area (Å²) in [6.07, 6.45) is 3.75. The molecule has 1 saturated carbocycles. The third-order valence-electron chi connectivity index (χ3n) is 4.39. The highest BCUT2D eigenvalue weighted by atomic mass is 32.1. The highest BCUT2D eigenvalue weighted by Crippen LogP contribution is 2.40. The van der Waals surface area contributed by atoms with Gasteiger partial charge in [-0.15, -0.1) is 0 Å². The van der Waals surface area contributed by atoms with Crippen LogP contribution in [0.4, 0.5) is 10.9 Å². The summed E-state index contributed by atoms with van der Waals surface area (Å²) in [7, 11) is 0. The Balaban J connectivity index is 1.31. The summed E-state index contributed by atoms with van der Waals surface area (Å²) in [6, 6.07) is 6.11. The summed E-state index contributed by atoms with van der Waals surface area (Å²) < 4.78 is 4.51. The smallest absolute Gasteiger partial charge is 0.205 e. The Morgan fingerprint density at radius 3 is 3.00 bits per heavy atom. The molecule has 116 valence electrons. The highest BCUT2D eigenvalue weighted by molar-refractivity contribution is 7.09. The maximum Gasteiger partial charge on any atom is 0.205 e. The van der Waals surface area contributed by atoms with Gasteiger partial charge in [0, 0.05) is 42.8 Å². The Morgan fingerprint density at radius 1 is 1.27 bits per heavy atom. The van der Waals surface area contributed by atoms with Gasteiger partial charge in [0.2, 0.25) is 5.13 Å². The van der Waals surface area contributed by atoms with Gasteiger partial charge in [0.25, 0.3) is 0 Å². The first-order valence-electron chi connectivity index (χ1n) is 8.04. The van der Waals surface area contributed by atoms with E-state index in [4.69, 9.17) is 4.98 Å². The van der Waals surface area contributed by atoms with E-state index in [0.717, 1.165) is 42.1 Å². The van der Waals surface area contributed by atoms with E-state index >= 15 is 0 Å². The average Bonchev–Trinajstić information content (AvgIpc) is 3.07. The van der Waals surface area contributed by atoms with E-state index in [2.05, 4.69) is 19.6 Å². The van der Waals surface area contributed by atoms with Gasteiger partial charge in [0.1, 0.15) is 11.6 Å². The van der Waals surface area contributed by atoms with Crippen molar-refractivity contribution < 1.29 is 0 Å². The van der Waals surface area contributed by atoms with Crippen molar-refractivity contribution in [3.8, 4) is 0 Å². The summed E-state index contributed by atoms with van der Waals surface area (Å²) in [5.41, 5.74) is 1.06. The molecule has 6 heteroatoms. The van der Waals surface area contributed by atoms with Crippen LogP contribution in [0, 0.1) is 12.8 Å². The molecular weight excluding hydrogens is 294 g/mol. The Hall–Kier alpha value is -1.69. The van der Waals surface area contributed by atoms with Crippen LogP contribution >= 0.6 is 11.5 Å². The molecule has 1 aliphatic heterocycles. The first-order valence-corrected chi connectivity index (χ1v) is 8.81. The number of anilines is 2. The minimum absolute atomic E-state index is 0.649. The Labute approximate surface area is 135 Å². The lowest BCUT2D eigenvalue weighted by Gasteiger charge is -2.15. The van der Waals surface area contributed by atoms with Crippen molar-refractivity contribution in [3.05, 3.63) is 29.7 Å². The molecule has 1 atom stereocenters. The van der Waals surface area contributed by atoms with E-state index in [1.54, 1.807) is 11.5 Å². The fraction of sp³-hybridized carbons (Fsp3) is 0.562. The molecule has 2 aromatic rings. The second kappa shape index (κ2) is 5.83. The van der Waals surface area contributed by atoms with Gasteiger partial charge in [-0.25, -0.2) is 9.97 Å². The van der Waals surface area contributed by atoms with E-state index in [-0.39, 0.29) is 0 Å². The number of nitrogens with zero attached hydrogens (tertiary/aromatic N) is 4. The van der Waals surface area contributed by atoms with Crippen molar-refractivity contribution >= 4 is 22.5 Å². The van der Waals surface area contributed by atoms with E-state index in [1.807, 2.05) is 25.1 Å². The monoisotopic (exact) mass is 315 g/mol. The SMILES string of the molecule is Cc1cccc(NCC2CCN(c3nc(C4CC4)ns3)C2)n1. The van der Waals surface area contributed by atoms with Crippen LogP contribution < -0.4 is 10.2 Å². The number of aryl methyl sites for hydroxylation is 1. The zero-order valence-corrected chi connectivity index (χ0v) is 13.6. The molecule has 1 N–H and O–H groups in total. The molecule has 22 heavy (non-hydrogen) atoms. The largest absolute Gasteiger partial charge is 0.370 e. The van der Waals surface area contributed by atoms with E-state index < -0.39 is 0 Å². The molecule has 2 aromatic heterocycles. The van der Waals surface area contributed by atoms with E-state index in [0.29, 0.717) is 11.8 Å². The van der Waals surface area contributed by atoms with Crippen LogP contribution in [0.1, 0.15) is 36.7 Å². The molecule has 2 fully saturated rings. The summed E-state index contributed by atoms with van der Waals surface area (Å²) in [4.78, 5) is 11.6. The Bertz CT molecular complexity index is 651. The number of nitrogens with one attached hydrogen (secondary N) is 1. The molecule has 3 heterocycles. The minimum Gasteiger partial charge on any atom is -0.370 e. The second-order valence-corrected chi connectivity index (χ2v) is 7.09. The molecule has 0 aromatic carbocycles. The van der Waals surface area contributed by atoms with Crippen LogP contribution in [0.3, 0.4) is 0 Å². The molecule has 0 amide bonds. The van der Waals surface area contributed by atoms with Gasteiger partial charge >= 0.3 is 0 Å². The van der Waals surface area contributed by atoms with Crippen LogP contribution in [0.2, 0.25) is 0 Å². The van der Waals surface area contributed by atoms with E-state index in [1.165, 1.54) is 19.3 Å². The molecule has 0 spiro atoms. The van der Waals surface area contributed by atoms with Gasteiger partial charge in [-0.2, -0.15) is 4.37 Å². The maximum atomic E-state index is 4.72. The summed E-state index contributed by atoms with van der Waals surface area (Å²) in [5.74, 6) is 3.35. The third-order valence-corrected chi connectivity index (χ3v) is 5.18. The van der Waals surface area contributed by atoms with Gasteiger partial charge in [0.05, 0.1) is 0 Å². The third kappa shape index (κ3) is 3.06. The van der Waals surface area contributed by atoms with Crippen LogP contribution in [-0.4, -0.2) is 34.0 Å². The fourth-order valence-electron chi connectivity index (χ4n) is 2.93. The van der Waals surface area contributed by atoms with Crippen LogP contribution in [0.25, 0.3) is 0 Å². The molecule has 1 unspecified atom stereocenters. The predicted octanol–water partition coefficient (Wildman–Crippen LogP) is 3.06. The normalized spacial score (nSPS) is 21.3. The van der Waals surface area contributed by atoms with Crippen molar-refractivity contribution in [3.63, 3.8) is 0 Å². The lowest BCUT2D eigenvalue weighted by molar-refractivity contribution is 0.621. The summed E-state index contributed by atoms with van der Waals surface area (Å²) in [5, 5.41) is 4.57. The number of pyridine rings is 1. The Kier molecular flexibility index (Phi) is 3.70. The molecule has 1 saturated heterocycles. The first-order chi connectivity index (χ1) is 10.8. The highest BCUT2D eigenvalue weighted by Gasteiger charge is 2.30. The first kappa shape index (κ1) is 13.9. The molecular formula is C16H21N5S. The lowest BCUT2D eigenvalue weighted by atomic mass is 10.1. The number of hydrogen-bond acceptors (Lipinski definition) is 6. The molecule has 0 radical (unpaired) electrons. The van der Waals surface area contributed by atoms with Gasteiger partial charge < -0.3 is 10.2 Å². The van der Waals surface area contributed by atoms with Crippen molar-refractivity contribution in [2.45, 2.75) is 32.1 Å². The summed E-state index contributed by atoms with van der Waals surface area (Å²) >= 11 is 1.57. The quantitative estimate of drug-likeness (QED) is 0.919. The lowest BCUT2D eigenvalue weighted by Crippen LogP contribution is -2.22. The van der Waals surface area contributed by atoms with Gasteiger partial charge in [-0.05, 0) is 44.2 Å². The summed E-state index contributed by atoms with van der Waals surface area (Å²) in [6.45, 7) is 5.15. The number of hydrogen-bond donors (Lipinski definition) is 1. The zero-order valence-electron chi connectivity index (χ0n) is 12.8. The molecule has 0 bridgehead atoms.